The number of nitrogens with one attached hydrogen (secondary N) is 2. The van der Waals surface area contributed by atoms with Crippen molar-refractivity contribution >= 4 is 16.8 Å². The second-order valence-electron chi connectivity index (χ2n) is 7.26. The van der Waals surface area contributed by atoms with Crippen molar-refractivity contribution in [1.82, 2.24) is 10.3 Å². The zero-order chi connectivity index (χ0) is 21.6. The molecule has 2 N–H and O–H groups in total. The number of H-pyrrole nitrogens is 1. The van der Waals surface area contributed by atoms with Gasteiger partial charge in [-0.25, -0.2) is 0 Å². The summed E-state index contributed by atoms with van der Waals surface area (Å²) < 4.78 is 11.2. The first kappa shape index (κ1) is 20.5. The fourth-order valence-electron chi connectivity index (χ4n) is 3.85. The molecule has 0 radical (unpaired) electrons. The maximum Gasteiger partial charge on any atom is 0.251 e. The Hall–Kier alpha value is -3.73. The predicted molar refractivity (Wildman–Crippen MR) is 123 cm³/mol. The fraction of sp³-hybridized carbons (Fsp3) is 0.192. The lowest BCUT2D eigenvalue weighted by Gasteiger charge is -2.20. The van der Waals surface area contributed by atoms with Gasteiger partial charge in [0.2, 0.25) is 0 Å². The van der Waals surface area contributed by atoms with Crippen molar-refractivity contribution in [2.45, 2.75) is 12.8 Å². The molecule has 3 aromatic carbocycles. The van der Waals surface area contributed by atoms with Gasteiger partial charge in [0.05, 0.1) is 13.7 Å². The molecule has 1 heterocycles. The van der Waals surface area contributed by atoms with Crippen LogP contribution in [0.3, 0.4) is 0 Å². The van der Waals surface area contributed by atoms with Gasteiger partial charge in [-0.05, 0) is 48.4 Å². The number of methoxy groups -OCH3 is 1. The lowest BCUT2D eigenvalue weighted by molar-refractivity contribution is 0.0952. The Balaban J connectivity index is 1.70. The van der Waals surface area contributed by atoms with Gasteiger partial charge in [0.15, 0.2) is 11.5 Å². The van der Waals surface area contributed by atoms with Crippen LogP contribution in [0.2, 0.25) is 0 Å². The van der Waals surface area contributed by atoms with E-state index >= 15 is 0 Å². The Morgan fingerprint density at radius 3 is 2.55 bits per heavy atom. The molecule has 1 amide bonds. The van der Waals surface area contributed by atoms with E-state index in [1.54, 1.807) is 7.11 Å². The fourth-order valence-corrected chi connectivity index (χ4v) is 3.85. The number of carbonyl (C=O) groups excluding carboxylic acids is 1. The molecule has 0 saturated carbocycles. The van der Waals surface area contributed by atoms with E-state index in [1.165, 1.54) is 0 Å². The molecule has 31 heavy (non-hydrogen) atoms. The van der Waals surface area contributed by atoms with Crippen LogP contribution in [0.4, 0.5) is 0 Å². The third-order valence-corrected chi connectivity index (χ3v) is 5.39. The van der Waals surface area contributed by atoms with Crippen molar-refractivity contribution in [3.63, 3.8) is 0 Å². The van der Waals surface area contributed by atoms with Crippen LogP contribution < -0.4 is 14.8 Å². The maximum absolute atomic E-state index is 12.7. The molecule has 1 aromatic heterocycles. The van der Waals surface area contributed by atoms with E-state index < -0.39 is 0 Å². The number of fused-ring (bicyclic) bond motifs is 1. The second kappa shape index (κ2) is 9.39. The first-order chi connectivity index (χ1) is 15.2. The standard InChI is InChI=1S/C26H26N2O3/c1-3-31-24-14-13-19(15-25(24)30-2)21(16-28-26(29)18-9-5-4-6-10-18)22-17-27-23-12-8-7-11-20(22)23/h4-15,17,21,27H,3,16H2,1-2H3,(H,28,29). The molecule has 4 aromatic rings. The summed E-state index contributed by atoms with van der Waals surface area (Å²) >= 11 is 0. The van der Waals surface area contributed by atoms with Crippen molar-refractivity contribution < 1.29 is 14.3 Å². The molecule has 4 rings (SSSR count). The first-order valence-electron chi connectivity index (χ1n) is 10.4. The summed E-state index contributed by atoms with van der Waals surface area (Å²) in [6.07, 6.45) is 2.02. The van der Waals surface area contributed by atoms with E-state index in [0.717, 1.165) is 22.0 Å². The molecule has 1 atom stereocenters. The minimum Gasteiger partial charge on any atom is -0.493 e. The summed E-state index contributed by atoms with van der Waals surface area (Å²) in [5.74, 6) is 1.23. The number of rotatable bonds is 8. The number of carbonyl (C=O) groups is 1. The SMILES string of the molecule is CCOc1ccc(C(CNC(=O)c2ccccc2)c2c[nH]c3ccccc23)cc1OC. The highest BCUT2D eigenvalue weighted by Gasteiger charge is 2.21. The summed E-state index contributed by atoms with van der Waals surface area (Å²) in [6, 6.07) is 23.4. The molecular formula is C26H26N2O3. The van der Waals surface area contributed by atoms with Gasteiger partial charge in [0.25, 0.3) is 5.91 Å². The lowest BCUT2D eigenvalue weighted by Crippen LogP contribution is -2.28. The van der Waals surface area contributed by atoms with Crippen molar-refractivity contribution in [1.29, 1.82) is 0 Å². The number of ether oxygens (including phenoxy) is 2. The van der Waals surface area contributed by atoms with E-state index in [1.807, 2.05) is 73.8 Å². The summed E-state index contributed by atoms with van der Waals surface area (Å²) in [7, 11) is 1.64. The molecule has 0 aliphatic rings. The van der Waals surface area contributed by atoms with Crippen LogP contribution in [0.5, 0.6) is 11.5 Å². The number of amides is 1. The Labute approximate surface area is 182 Å². The third-order valence-electron chi connectivity index (χ3n) is 5.39. The van der Waals surface area contributed by atoms with Crippen molar-refractivity contribution in [3.8, 4) is 11.5 Å². The smallest absolute Gasteiger partial charge is 0.251 e. The van der Waals surface area contributed by atoms with Crippen LogP contribution in [0.15, 0.2) is 79.0 Å². The normalized spacial score (nSPS) is 11.8. The highest BCUT2D eigenvalue weighted by Crippen LogP contribution is 2.35. The monoisotopic (exact) mass is 414 g/mol. The van der Waals surface area contributed by atoms with Crippen LogP contribution in [0, 0.1) is 0 Å². The molecule has 1 unspecified atom stereocenters. The Kier molecular flexibility index (Phi) is 6.22. The van der Waals surface area contributed by atoms with Crippen LogP contribution >= 0.6 is 0 Å². The molecule has 0 fully saturated rings. The van der Waals surface area contributed by atoms with Gasteiger partial charge < -0.3 is 19.8 Å². The largest absolute Gasteiger partial charge is 0.493 e. The van der Waals surface area contributed by atoms with E-state index in [4.69, 9.17) is 9.47 Å². The van der Waals surface area contributed by atoms with E-state index in [-0.39, 0.29) is 11.8 Å². The highest BCUT2D eigenvalue weighted by molar-refractivity contribution is 5.94. The van der Waals surface area contributed by atoms with E-state index in [2.05, 4.69) is 22.4 Å². The molecule has 0 saturated heterocycles. The average molecular weight is 415 g/mol. The number of aromatic nitrogens is 1. The van der Waals surface area contributed by atoms with Crippen LogP contribution in [-0.2, 0) is 0 Å². The molecule has 0 spiro atoms. The molecule has 0 aliphatic carbocycles. The summed E-state index contributed by atoms with van der Waals surface area (Å²) in [5, 5.41) is 4.24. The van der Waals surface area contributed by atoms with Gasteiger partial charge in [0.1, 0.15) is 0 Å². The Morgan fingerprint density at radius 2 is 1.77 bits per heavy atom. The number of aromatic amines is 1. The number of benzene rings is 3. The van der Waals surface area contributed by atoms with Crippen LogP contribution in [0.1, 0.15) is 34.3 Å². The number of para-hydroxylation sites is 1. The van der Waals surface area contributed by atoms with E-state index in [9.17, 15) is 4.79 Å². The summed E-state index contributed by atoms with van der Waals surface area (Å²) in [6.45, 7) is 2.96. The van der Waals surface area contributed by atoms with Gasteiger partial charge in [-0.15, -0.1) is 0 Å². The van der Waals surface area contributed by atoms with Gasteiger partial charge in [-0.3, -0.25) is 4.79 Å². The molecule has 5 nitrogen and oxygen atoms in total. The van der Waals surface area contributed by atoms with Gasteiger partial charge >= 0.3 is 0 Å². The molecule has 0 bridgehead atoms. The van der Waals surface area contributed by atoms with Crippen molar-refractivity contribution in [2.24, 2.45) is 0 Å². The van der Waals surface area contributed by atoms with Crippen LogP contribution in [0.25, 0.3) is 10.9 Å². The Bertz CT molecular complexity index is 1170. The Morgan fingerprint density at radius 1 is 1.00 bits per heavy atom. The predicted octanol–water partition coefficient (Wildman–Crippen LogP) is 5.14. The molecule has 158 valence electrons. The third kappa shape index (κ3) is 4.40. The summed E-state index contributed by atoms with van der Waals surface area (Å²) in [4.78, 5) is 16.1. The molecule has 0 aliphatic heterocycles. The quantitative estimate of drug-likeness (QED) is 0.420. The van der Waals surface area contributed by atoms with Gasteiger partial charge in [0, 0.05) is 35.1 Å². The van der Waals surface area contributed by atoms with E-state index in [0.29, 0.717) is 30.2 Å². The number of hydrogen-bond acceptors (Lipinski definition) is 3. The molecule has 5 heteroatoms. The number of hydrogen-bond donors (Lipinski definition) is 2. The second-order valence-corrected chi connectivity index (χ2v) is 7.26. The first-order valence-corrected chi connectivity index (χ1v) is 10.4. The lowest BCUT2D eigenvalue weighted by atomic mass is 9.90. The minimum atomic E-state index is -0.0941. The maximum atomic E-state index is 12.7. The average Bonchev–Trinajstić information content (AvgIpc) is 3.24. The van der Waals surface area contributed by atoms with Gasteiger partial charge in [-0.1, -0.05) is 42.5 Å². The van der Waals surface area contributed by atoms with Crippen LogP contribution in [-0.4, -0.2) is 31.2 Å². The highest BCUT2D eigenvalue weighted by atomic mass is 16.5. The topological polar surface area (TPSA) is 63.3 Å². The molecular weight excluding hydrogens is 388 g/mol. The minimum absolute atomic E-state index is 0.0617. The zero-order valence-corrected chi connectivity index (χ0v) is 17.7. The zero-order valence-electron chi connectivity index (χ0n) is 17.7. The van der Waals surface area contributed by atoms with Crippen molar-refractivity contribution in [2.75, 3.05) is 20.3 Å². The van der Waals surface area contributed by atoms with Crippen molar-refractivity contribution in [3.05, 3.63) is 95.7 Å². The summed E-state index contributed by atoms with van der Waals surface area (Å²) in [5.41, 5.74) is 3.87. The van der Waals surface area contributed by atoms with Gasteiger partial charge in [-0.2, -0.15) is 0 Å².